The maximum Gasteiger partial charge on any atom is 0.160 e. The molecule has 0 atom stereocenters. The molecule has 96 valence electrons. The summed E-state index contributed by atoms with van der Waals surface area (Å²) < 4.78 is 0.807. The standard InChI is InChI=1S/C14H16BrNOS/c1-14(2,3)10-6-4-9(5-7-10)12-11(8-17)18-13(15)16-12/h4-7,17H,8H2,1-3H3. The minimum Gasteiger partial charge on any atom is -0.391 e. The number of benzene rings is 1. The summed E-state index contributed by atoms with van der Waals surface area (Å²) in [5, 5.41) is 9.33. The van der Waals surface area contributed by atoms with Gasteiger partial charge in [-0.2, -0.15) is 0 Å². The molecule has 2 rings (SSSR count). The van der Waals surface area contributed by atoms with Crippen molar-refractivity contribution in [2.75, 3.05) is 0 Å². The van der Waals surface area contributed by atoms with Crippen molar-refractivity contribution in [3.05, 3.63) is 38.6 Å². The number of aromatic nitrogens is 1. The van der Waals surface area contributed by atoms with Gasteiger partial charge in [0.1, 0.15) is 0 Å². The molecule has 0 aliphatic heterocycles. The van der Waals surface area contributed by atoms with Gasteiger partial charge in [-0.15, -0.1) is 11.3 Å². The van der Waals surface area contributed by atoms with Gasteiger partial charge in [-0.05, 0) is 26.9 Å². The van der Waals surface area contributed by atoms with Gasteiger partial charge in [0.15, 0.2) is 3.92 Å². The highest BCUT2D eigenvalue weighted by Crippen LogP contribution is 2.32. The first-order valence-corrected chi connectivity index (χ1v) is 7.40. The molecule has 0 unspecified atom stereocenters. The zero-order valence-corrected chi connectivity index (χ0v) is 13.1. The van der Waals surface area contributed by atoms with Crippen LogP contribution in [0.3, 0.4) is 0 Å². The fraction of sp³-hybridized carbons (Fsp3) is 0.357. The monoisotopic (exact) mass is 325 g/mol. The quantitative estimate of drug-likeness (QED) is 0.889. The molecule has 0 aliphatic carbocycles. The summed E-state index contributed by atoms with van der Waals surface area (Å²) in [4.78, 5) is 5.31. The maximum absolute atomic E-state index is 9.33. The summed E-state index contributed by atoms with van der Waals surface area (Å²) in [6, 6.07) is 8.40. The Labute approximate surface area is 120 Å². The summed E-state index contributed by atoms with van der Waals surface area (Å²) in [5.41, 5.74) is 3.37. The van der Waals surface area contributed by atoms with Crippen LogP contribution in [0.4, 0.5) is 0 Å². The highest BCUT2D eigenvalue weighted by Gasteiger charge is 2.15. The molecule has 1 heterocycles. The van der Waals surface area contributed by atoms with Gasteiger partial charge in [0.2, 0.25) is 0 Å². The Bertz CT molecular complexity index is 540. The van der Waals surface area contributed by atoms with Crippen LogP contribution in [0, 0.1) is 0 Å². The van der Waals surface area contributed by atoms with Crippen molar-refractivity contribution >= 4 is 27.3 Å². The molecule has 0 spiro atoms. The van der Waals surface area contributed by atoms with E-state index in [4.69, 9.17) is 0 Å². The number of aliphatic hydroxyl groups excluding tert-OH is 1. The van der Waals surface area contributed by atoms with Gasteiger partial charge in [0.05, 0.1) is 17.2 Å². The summed E-state index contributed by atoms with van der Waals surface area (Å²) in [6.45, 7) is 6.61. The number of hydrogen-bond donors (Lipinski definition) is 1. The van der Waals surface area contributed by atoms with E-state index in [0.29, 0.717) is 0 Å². The molecule has 2 aromatic rings. The largest absolute Gasteiger partial charge is 0.391 e. The van der Waals surface area contributed by atoms with Gasteiger partial charge in [-0.1, -0.05) is 45.0 Å². The number of thiazole rings is 1. The molecule has 0 amide bonds. The third-order valence-electron chi connectivity index (χ3n) is 2.84. The van der Waals surface area contributed by atoms with Crippen molar-refractivity contribution in [1.82, 2.24) is 4.98 Å². The molecule has 0 saturated heterocycles. The van der Waals surface area contributed by atoms with Crippen molar-refractivity contribution < 1.29 is 5.11 Å². The fourth-order valence-electron chi connectivity index (χ4n) is 1.78. The Morgan fingerprint density at radius 1 is 1.22 bits per heavy atom. The van der Waals surface area contributed by atoms with Crippen LogP contribution in [-0.2, 0) is 12.0 Å². The Balaban J connectivity index is 2.40. The van der Waals surface area contributed by atoms with E-state index in [-0.39, 0.29) is 12.0 Å². The molecule has 0 radical (unpaired) electrons. The van der Waals surface area contributed by atoms with Crippen LogP contribution < -0.4 is 0 Å². The molecular weight excluding hydrogens is 310 g/mol. The highest BCUT2D eigenvalue weighted by atomic mass is 79.9. The van der Waals surface area contributed by atoms with Crippen molar-refractivity contribution in [2.45, 2.75) is 32.8 Å². The minimum absolute atomic E-state index is 0.0274. The number of nitrogens with zero attached hydrogens (tertiary/aromatic N) is 1. The molecule has 18 heavy (non-hydrogen) atoms. The van der Waals surface area contributed by atoms with E-state index in [0.717, 1.165) is 20.1 Å². The average Bonchev–Trinajstić information content (AvgIpc) is 2.69. The van der Waals surface area contributed by atoms with Crippen LogP contribution in [0.15, 0.2) is 28.2 Å². The van der Waals surface area contributed by atoms with Gasteiger partial charge >= 0.3 is 0 Å². The number of halogens is 1. The second-order valence-electron chi connectivity index (χ2n) is 5.22. The third-order valence-corrected chi connectivity index (χ3v) is 4.33. The first-order valence-electron chi connectivity index (χ1n) is 5.79. The Hall–Kier alpha value is -0.710. The molecular formula is C14H16BrNOS. The van der Waals surface area contributed by atoms with Crippen LogP contribution in [0.25, 0.3) is 11.3 Å². The summed E-state index contributed by atoms with van der Waals surface area (Å²) in [6.07, 6.45) is 0. The zero-order chi connectivity index (χ0) is 13.3. The third kappa shape index (κ3) is 2.82. The first-order chi connectivity index (χ1) is 8.41. The number of aliphatic hydroxyl groups is 1. The first kappa shape index (κ1) is 13.7. The van der Waals surface area contributed by atoms with E-state index in [9.17, 15) is 5.11 Å². The van der Waals surface area contributed by atoms with E-state index in [1.54, 1.807) is 0 Å². The van der Waals surface area contributed by atoms with Crippen molar-refractivity contribution in [3.8, 4) is 11.3 Å². The lowest BCUT2D eigenvalue weighted by atomic mass is 9.86. The van der Waals surface area contributed by atoms with Crippen LogP contribution in [0.5, 0.6) is 0 Å². The Morgan fingerprint density at radius 2 is 1.83 bits per heavy atom. The highest BCUT2D eigenvalue weighted by molar-refractivity contribution is 9.11. The fourth-order valence-corrected chi connectivity index (χ4v) is 3.21. The van der Waals surface area contributed by atoms with Gasteiger partial charge < -0.3 is 5.11 Å². The van der Waals surface area contributed by atoms with Crippen LogP contribution in [0.2, 0.25) is 0 Å². The SMILES string of the molecule is CC(C)(C)c1ccc(-c2nc(Br)sc2CO)cc1. The van der Waals surface area contributed by atoms with Gasteiger partial charge in [-0.3, -0.25) is 0 Å². The predicted molar refractivity (Wildman–Crippen MR) is 79.9 cm³/mol. The second kappa shape index (κ2) is 5.11. The maximum atomic E-state index is 9.33. The van der Waals surface area contributed by atoms with Crippen molar-refractivity contribution in [1.29, 1.82) is 0 Å². The molecule has 0 saturated carbocycles. The zero-order valence-electron chi connectivity index (χ0n) is 10.7. The van der Waals surface area contributed by atoms with E-state index < -0.39 is 0 Å². The second-order valence-corrected chi connectivity index (χ2v) is 7.58. The van der Waals surface area contributed by atoms with Crippen molar-refractivity contribution in [2.24, 2.45) is 0 Å². The van der Waals surface area contributed by atoms with Crippen LogP contribution >= 0.6 is 27.3 Å². The molecule has 1 aromatic heterocycles. The van der Waals surface area contributed by atoms with E-state index in [2.05, 4.69) is 66.0 Å². The molecule has 1 N–H and O–H groups in total. The molecule has 4 heteroatoms. The lowest BCUT2D eigenvalue weighted by molar-refractivity contribution is 0.286. The number of rotatable bonds is 2. The van der Waals surface area contributed by atoms with Gasteiger partial charge in [0, 0.05) is 5.56 Å². The van der Waals surface area contributed by atoms with E-state index in [1.165, 1.54) is 16.9 Å². The molecule has 0 fully saturated rings. The molecule has 1 aromatic carbocycles. The Kier molecular flexibility index (Phi) is 3.90. The smallest absolute Gasteiger partial charge is 0.160 e. The normalized spacial score (nSPS) is 11.8. The minimum atomic E-state index is 0.0274. The summed E-state index contributed by atoms with van der Waals surface area (Å²) in [7, 11) is 0. The van der Waals surface area contributed by atoms with Crippen LogP contribution in [-0.4, -0.2) is 10.1 Å². The average molecular weight is 326 g/mol. The van der Waals surface area contributed by atoms with Gasteiger partial charge in [-0.25, -0.2) is 4.98 Å². The van der Waals surface area contributed by atoms with Gasteiger partial charge in [0.25, 0.3) is 0 Å². The molecule has 0 aliphatic rings. The van der Waals surface area contributed by atoms with Crippen molar-refractivity contribution in [3.63, 3.8) is 0 Å². The number of hydrogen-bond acceptors (Lipinski definition) is 3. The lowest BCUT2D eigenvalue weighted by Gasteiger charge is -2.19. The summed E-state index contributed by atoms with van der Waals surface area (Å²) in [5.74, 6) is 0. The topological polar surface area (TPSA) is 33.1 Å². The molecule has 2 nitrogen and oxygen atoms in total. The Morgan fingerprint density at radius 3 is 2.33 bits per heavy atom. The van der Waals surface area contributed by atoms with E-state index in [1.807, 2.05) is 0 Å². The lowest BCUT2D eigenvalue weighted by Crippen LogP contribution is -2.10. The summed E-state index contributed by atoms with van der Waals surface area (Å²) >= 11 is 4.84. The van der Waals surface area contributed by atoms with E-state index >= 15 is 0 Å². The molecule has 0 bridgehead atoms. The predicted octanol–water partition coefficient (Wildman–Crippen LogP) is 4.36. The van der Waals surface area contributed by atoms with Crippen LogP contribution in [0.1, 0.15) is 31.2 Å².